The molecule has 5 nitrogen and oxygen atoms in total. The van der Waals surface area contributed by atoms with Gasteiger partial charge in [-0.05, 0) is 50.9 Å². The summed E-state index contributed by atoms with van der Waals surface area (Å²) in [6.07, 6.45) is 5.94. The highest BCUT2D eigenvalue weighted by molar-refractivity contribution is 14.0. The molecule has 3 rings (SSSR count). The second-order valence-electron chi connectivity index (χ2n) is 7.02. The number of likely N-dealkylation sites (tertiary alicyclic amines) is 1. The largest absolute Gasteiger partial charge is 0.357 e. The van der Waals surface area contributed by atoms with Gasteiger partial charge in [0.25, 0.3) is 0 Å². The summed E-state index contributed by atoms with van der Waals surface area (Å²) in [5.74, 6) is 0.845. The van der Waals surface area contributed by atoms with Crippen LogP contribution in [0.5, 0.6) is 0 Å². The predicted octanol–water partition coefficient (Wildman–Crippen LogP) is 4.31. The van der Waals surface area contributed by atoms with Gasteiger partial charge in [0, 0.05) is 24.2 Å². The second kappa shape index (κ2) is 12.4. The number of aliphatic imine (C=N–C) groups is 1. The number of aromatic nitrogens is 1. The molecular weight excluding hydrogens is 481 g/mol. The minimum atomic E-state index is 0. The van der Waals surface area contributed by atoms with Gasteiger partial charge in [0.2, 0.25) is 0 Å². The van der Waals surface area contributed by atoms with Crippen molar-refractivity contribution in [2.24, 2.45) is 4.99 Å². The Morgan fingerprint density at radius 2 is 1.89 bits per heavy atom. The van der Waals surface area contributed by atoms with Gasteiger partial charge in [0.15, 0.2) is 5.96 Å². The molecular formula is C21H32IN5S. The van der Waals surface area contributed by atoms with Crippen LogP contribution in [0.4, 0.5) is 0 Å². The Labute approximate surface area is 190 Å². The number of hydrogen-bond donors (Lipinski definition) is 2. The van der Waals surface area contributed by atoms with Crippen molar-refractivity contribution >= 4 is 41.3 Å². The zero-order valence-corrected chi connectivity index (χ0v) is 20.1. The van der Waals surface area contributed by atoms with Crippen molar-refractivity contribution in [3.63, 3.8) is 0 Å². The molecule has 1 aromatic heterocycles. The lowest BCUT2D eigenvalue weighted by Gasteiger charge is -2.27. The Kier molecular flexibility index (Phi) is 10.2. The smallest absolute Gasteiger partial charge is 0.191 e. The fraction of sp³-hybridized carbons (Fsp3) is 0.524. The molecule has 7 heteroatoms. The average Bonchev–Trinajstić information content (AvgIpc) is 3.11. The van der Waals surface area contributed by atoms with Crippen LogP contribution in [0.1, 0.15) is 47.2 Å². The molecule has 0 radical (unpaired) electrons. The van der Waals surface area contributed by atoms with Crippen molar-refractivity contribution < 1.29 is 0 Å². The Hall–Kier alpha value is -1.19. The summed E-state index contributed by atoms with van der Waals surface area (Å²) < 4.78 is 0. The molecule has 0 unspecified atom stereocenters. The molecule has 1 saturated heterocycles. The first kappa shape index (κ1) is 23.1. The van der Waals surface area contributed by atoms with Gasteiger partial charge in [-0.2, -0.15) is 0 Å². The van der Waals surface area contributed by atoms with E-state index < -0.39 is 0 Å². The van der Waals surface area contributed by atoms with Crippen LogP contribution in [-0.2, 0) is 19.6 Å². The van der Waals surface area contributed by atoms with E-state index in [0.29, 0.717) is 13.1 Å². The summed E-state index contributed by atoms with van der Waals surface area (Å²) in [5.41, 5.74) is 2.71. The van der Waals surface area contributed by atoms with Gasteiger partial charge >= 0.3 is 0 Å². The molecule has 0 aliphatic carbocycles. The van der Waals surface area contributed by atoms with Crippen LogP contribution in [0.3, 0.4) is 0 Å². The number of nitrogens with one attached hydrogen (secondary N) is 2. The minimum absolute atomic E-state index is 0. The van der Waals surface area contributed by atoms with Crippen LogP contribution in [-0.4, -0.2) is 35.5 Å². The predicted molar refractivity (Wildman–Crippen MR) is 129 cm³/mol. The van der Waals surface area contributed by atoms with Crippen molar-refractivity contribution in [2.45, 2.75) is 52.7 Å². The molecule has 1 aromatic carbocycles. The molecule has 1 aliphatic rings. The standard InChI is InChI=1S/C21H31N5S.HI/c1-3-22-21(25-15-20-23-13-17(2)27-20)24-14-18-9-5-6-10-19(18)16-26-11-7-4-8-12-26;/h5-6,9-10,13H,3-4,7-8,11-12,14-16H2,1-2H3,(H2,22,24,25);1H. The number of thiazole rings is 1. The monoisotopic (exact) mass is 513 g/mol. The van der Waals surface area contributed by atoms with E-state index in [1.807, 2.05) is 6.20 Å². The average molecular weight is 513 g/mol. The van der Waals surface area contributed by atoms with Crippen molar-refractivity contribution in [1.82, 2.24) is 20.5 Å². The molecule has 2 N–H and O–H groups in total. The molecule has 2 heterocycles. The summed E-state index contributed by atoms with van der Waals surface area (Å²) in [6, 6.07) is 8.71. The normalized spacial score (nSPS) is 15.1. The fourth-order valence-electron chi connectivity index (χ4n) is 3.37. The molecule has 154 valence electrons. The lowest BCUT2D eigenvalue weighted by Crippen LogP contribution is -2.36. The first-order valence-corrected chi connectivity index (χ1v) is 10.8. The Bertz CT molecular complexity index is 740. The quantitative estimate of drug-likeness (QED) is 0.329. The van der Waals surface area contributed by atoms with Crippen molar-refractivity contribution in [1.29, 1.82) is 0 Å². The molecule has 0 saturated carbocycles. The van der Waals surface area contributed by atoms with Gasteiger partial charge in [-0.1, -0.05) is 30.7 Å². The summed E-state index contributed by atoms with van der Waals surface area (Å²) in [5, 5.41) is 7.82. The van der Waals surface area contributed by atoms with E-state index >= 15 is 0 Å². The van der Waals surface area contributed by atoms with Crippen molar-refractivity contribution in [3.8, 4) is 0 Å². The first-order chi connectivity index (χ1) is 13.2. The number of guanidine groups is 1. The van der Waals surface area contributed by atoms with Gasteiger partial charge in [-0.15, -0.1) is 35.3 Å². The SMILES string of the molecule is CCNC(=NCc1ccccc1CN1CCCCC1)NCc1ncc(C)s1.I. The van der Waals surface area contributed by atoms with Gasteiger partial charge in [0.1, 0.15) is 5.01 Å². The molecule has 0 amide bonds. The third-order valence-corrected chi connectivity index (χ3v) is 5.70. The lowest BCUT2D eigenvalue weighted by molar-refractivity contribution is 0.220. The first-order valence-electron chi connectivity index (χ1n) is 9.97. The third-order valence-electron chi connectivity index (χ3n) is 4.79. The summed E-state index contributed by atoms with van der Waals surface area (Å²) in [4.78, 5) is 13.0. The molecule has 2 aromatic rings. The van der Waals surface area contributed by atoms with Gasteiger partial charge < -0.3 is 10.6 Å². The number of benzene rings is 1. The van der Waals surface area contributed by atoms with Crippen molar-refractivity contribution in [2.75, 3.05) is 19.6 Å². The maximum absolute atomic E-state index is 4.81. The van der Waals surface area contributed by atoms with Gasteiger partial charge in [-0.25, -0.2) is 9.98 Å². The highest BCUT2D eigenvalue weighted by atomic mass is 127. The van der Waals surface area contributed by atoms with E-state index in [1.165, 1.54) is 48.4 Å². The minimum Gasteiger partial charge on any atom is -0.357 e. The maximum atomic E-state index is 4.81. The molecule has 0 atom stereocenters. The van der Waals surface area contributed by atoms with Crippen molar-refractivity contribution in [3.05, 3.63) is 51.5 Å². The van der Waals surface area contributed by atoms with E-state index in [2.05, 4.69) is 58.6 Å². The van der Waals surface area contributed by atoms with Crippen LogP contribution in [0.15, 0.2) is 35.5 Å². The fourth-order valence-corrected chi connectivity index (χ4v) is 4.10. The molecule has 0 spiro atoms. The van der Waals surface area contributed by atoms with E-state index in [9.17, 15) is 0 Å². The zero-order valence-electron chi connectivity index (χ0n) is 16.9. The van der Waals surface area contributed by atoms with E-state index in [0.717, 1.165) is 24.1 Å². The number of halogens is 1. The second-order valence-corrected chi connectivity index (χ2v) is 8.34. The van der Waals surface area contributed by atoms with Crippen LogP contribution in [0.2, 0.25) is 0 Å². The van der Waals surface area contributed by atoms with Crippen LogP contribution >= 0.6 is 35.3 Å². The number of rotatable bonds is 7. The summed E-state index contributed by atoms with van der Waals surface area (Å²) in [7, 11) is 0. The Morgan fingerprint density at radius 3 is 2.57 bits per heavy atom. The van der Waals surface area contributed by atoms with Crippen LogP contribution in [0, 0.1) is 6.92 Å². The highest BCUT2D eigenvalue weighted by Crippen LogP contribution is 2.17. The Morgan fingerprint density at radius 1 is 1.14 bits per heavy atom. The summed E-state index contributed by atoms with van der Waals surface area (Å²) in [6.45, 7) is 9.89. The lowest BCUT2D eigenvalue weighted by atomic mass is 10.1. The summed E-state index contributed by atoms with van der Waals surface area (Å²) >= 11 is 1.72. The maximum Gasteiger partial charge on any atom is 0.191 e. The number of hydrogen-bond acceptors (Lipinski definition) is 4. The third kappa shape index (κ3) is 7.33. The highest BCUT2D eigenvalue weighted by Gasteiger charge is 2.12. The van der Waals surface area contributed by atoms with E-state index in [-0.39, 0.29) is 24.0 Å². The van der Waals surface area contributed by atoms with Gasteiger partial charge in [-0.3, -0.25) is 4.90 Å². The molecule has 0 bridgehead atoms. The number of piperidine rings is 1. The van der Waals surface area contributed by atoms with Gasteiger partial charge in [0.05, 0.1) is 13.1 Å². The van der Waals surface area contributed by atoms with E-state index in [4.69, 9.17) is 4.99 Å². The molecule has 28 heavy (non-hydrogen) atoms. The topological polar surface area (TPSA) is 52.6 Å². The number of aryl methyl sites for hydroxylation is 1. The van der Waals surface area contributed by atoms with E-state index in [1.54, 1.807) is 11.3 Å². The zero-order chi connectivity index (χ0) is 18.9. The number of nitrogens with zero attached hydrogens (tertiary/aromatic N) is 3. The van der Waals surface area contributed by atoms with Crippen LogP contribution in [0.25, 0.3) is 0 Å². The molecule has 1 fully saturated rings. The van der Waals surface area contributed by atoms with Crippen LogP contribution < -0.4 is 10.6 Å². The molecule has 1 aliphatic heterocycles. The Balaban J connectivity index is 0.00000280.